The first-order valence-corrected chi connectivity index (χ1v) is 8.17. The predicted molar refractivity (Wildman–Crippen MR) is 96.1 cm³/mol. The standard InChI is InChI=1S/C22H15F3/c1-2-13-3-7-18-15(9-13)4-5-16-10-14(6-8-19(16)18)17-11-20(23)22(25)21(24)12-17/h3-12H,2H2,1H3. The summed E-state index contributed by atoms with van der Waals surface area (Å²) in [4.78, 5) is 0. The molecule has 0 nitrogen and oxygen atoms in total. The van der Waals surface area contributed by atoms with Crippen molar-refractivity contribution < 1.29 is 13.2 Å². The van der Waals surface area contributed by atoms with Gasteiger partial charge in [0.25, 0.3) is 0 Å². The van der Waals surface area contributed by atoms with E-state index in [0.717, 1.165) is 34.7 Å². The second-order valence-corrected chi connectivity index (χ2v) is 6.16. The largest absolute Gasteiger partial charge is 0.204 e. The molecule has 0 spiro atoms. The van der Waals surface area contributed by atoms with Gasteiger partial charge in [0.2, 0.25) is 0 Å². The van der Waals surface area contributed by atoms with E-state index in [0.29, 0.717) is 11.1 Å². The van der Waals surface area contributed by atoms with Gasteiger partial charge in [-0.3, -0.25) is 0 Å². The third-order valence-corrected chi connectivity index (χ3v) is 4.63. The third kappa shape index (κ3) is 2.66. The van der Waals surface area contributed by atoms with E-state index in [1.165, 1.54) is 10.9 Å². The van der Waals surface area contributed by atoms with Crippen LogP contribution in [0.5, 0.6) is 0 Å². The Morgan fingerprint density at radius 1 is 0.640 bits per heavy atom. The molecule has 4 aromatic carbocycles. The number of hydrogen-bond donors (Lipinski definition) is 0. The van der Waals surface area contributed by atoms with Crippen molar-refractivity contribution in [1.82, 2.24) is 0 Å². The molecule has 0 aromatic heterocycles. The third-order valence-electron chi connectivity index (χ3n) is 4.63. The zero-order valence-electron chi connectivity index (χ0n) is 13.6. The van der Waals surface area contributed by atoms with E-state index in [2.05, 4.69) is 25.1 Å². The summed E-state index contributed by atoms with van der Waals surface area (Å²) in [6, 6.07) is 18.1. The Balaban J connectivity index is 1.90. The molecule has 0 aliphatic carbocycles. The highest BCUT2D eigenvalue weighted by Crippen LogP contribution is 2.31. The van der Waals surface area contributed by atoms with Gasteiger partial charge in [-0.15, -0.1) is 0 Å². The molecule has 0 radical (unpaired) electrons. The molecule has 0 saturated carbocycles. The van der Waals surface area contributed by atoms with E-state index < -0.39 is 17.5 Å². The van der Waals surface area contributed by atoms with Crippen LogP contribution in [0.15, 0.2) is 60.7 Å². The predicted octanol–water partition coefficient (Wildman–Crippen LogP) is 6.64. The van der Waals surface area contributed by atoms with Crippen molar-refractivity contribution >= 4 is 21.5 Å². The van der Waals surface area contributed by atoms with E-state index in [1.54, 1.807) is 0 Å². The van der Waals surface area contributed by atoms with Crippen molar-refractivity contribution in [1.29, 1.82) is 0 Å². The van der Waals surface area contributed by atoms with Gasteiger partial charge in [-0.2, -0.15) is 0 Å². The highest BCUT2D eigenvalue weighted by atomic mass is 19.2. The van der Waals surface area contributed by atoms with Crippen LogP contribution < -0.4 is 0 Å². The number of hydrogen-bond acceptors (Lipinski definition) is 0. The van der Waals surface area contributed by atoms with Gasteiger partial charge in [0.1, 0.15) is 0 Å². The zero-order valence-corrected chi connectivity index (χ0v) is 13.6. The van der Waals surface area contributed by atoms with Gasteiger partial charge in [-0.1, -0.05) is 49.4 Å². The summed E-state index contributed by atoms with van der Waals surface area (Å²) in [5, 5.41) is 4.35. The topological polar surface area (TPSA) is 0 Å². The molecular weight excluding hydrogens is 321 g/mol. The second-order valence-electron chi connectivity index (χ2n) is 6.16. The number of aryl methyl sites for hydroxylation is 1. The van der Waals surface area contributed by atoms with Crippen LogP contribution in [0.25, 0.3) is 32.7 Å². The Bertz CT molecular complexity index is 1090. The number of fused-ring (bicyclic) bond motifs is 3. The van der Waals surface area contributed by atoms with Gasteiger partial charge < -0.3 is 0 Å². The summed E-state index contributed by atoms with van der Waals surface area (Å²) in [5.41, 5.74) is 2.25. The molecular formula is C22H15F3. The Morgan fingerprint density at radius 2 is 1.24 bits per heavy atom. The molecule has 0 saturated heterocycles. The molecule has 124 valence electrons. The Morgan fingerprint density at radius 3 is 1.88 bits per heavy atom. The Labute approximate surface area is 143 Å². The molecule has 3 heteroatoms. The van der Waals surface area contributed by atoms with Crippen molar-refractivity contribution in [3.63, 3.8) is 0 Å². The average Bonchev–Trinajstić information content (AvgIpc) is 2.64. The van der Waals surface area contributed by atoms with E-state index in [-0.39, 0.29) is 0 Å². The number of rotatable bonds is 2. The summed E-state index contributed by atoms with van der Waals surface area (Å²) in [7, 11) is 0. The molecule has 0 atom stereocenters. The van der Waals surface area contributed by atoms with Crippen molar-refractivity contribution in [3.8, 4) is 11.1 Å². The van der Waals surface area contributed by atoms with Crippen LogP contribution in [0.4, 0.5) is 13.2 Å². The maximum atomic E-state index is 13.5. The molecule has 25 heavy (non-hydrogen) atoms. The minimum absolute atomic E-state index is 0.319. The van der Waals surface area contributed by atoms with Crippen LogP contribution in [-0.2, 0) is 6.42 Å². The van der Waals surface area contributed by atoms with Crippen molar-refractivity contribution in [2.24, 2.45) is 0 Å². The van der Waals surface area contributed by atoms with Gasteiger partial charge >= 0.3 is 0 Å². The van der Waals surface area contributed by atoms with Crippen molar-refractivity contribution in [2.45, 2.75) is 13.3 Å². The zero-order chi connectivity index (χ0) is 17.6. The first-order valence-electron chi connectivity index (χ1n) is 8.17. The first-order chi connectivity index (χ1) is 12.1. The second kappa shape index (κ2) is 5.92. The summed E-state index contributed by atoms with van der Waals surface area (Å²) in [6.07, 6.45) is 0.981. The SMILES string of the molecule is CCc1ccc2c(ccc3cc(-c4cc(F)c(F)c(F)c4)ccc32)c1. The molecule has 0 heterocycles. The molecule has 4 aromatic rings. The van der Waals surface area contributed by atoms with Gasteiger partial charge in [-0.25, -0.2) is 13.2 Å². The van der Waals surface area contributed by atoms with E-state index in [4.69, 9.17) is 0 Å². The van der Waals surface area contributed by atoms with Gasteiger partial charge in [0.15, 0.2) is 17.5 Å². The van der Waals surface area contributed by atoms with Crippen LogP contribution in [0.3, 0.4) is 0 Å². The minimum atomic E-state index is -1.44. The lowest BCUT2D eigenvalue weighted by atomic mass is 9.96. The lowest BCUT2D eigenvalue weighted by Gasteiger charge is -2.09. The molecule has 0 unspecified atom stereocenters. The average molecular weight is 336 g/mol. The molecule has 0 N–H and O–H groups in total. The summed E-state index contributed by atoms with van der Waals surface area (Å²) in [5.74, 6) is -3.80. The van der Waals surface area contributed by atoms with Gasteiger partial charge in [0.05, 0.1) is 0 Å². The number of benzene rings is 4. The van der Waals surface area contributed by atoms with E-state index in [1.807, 2.05) is 30.3 Å². The highest BCUT2D eigenvalue weighted by Gasteiger charge is 2.12. The normalized spacial score (nSPS) is 11.4. The van der Waals surface area contributed by atoms with E-state index in [9.17, 15) is 13.2 Å². The highest BCUT2D eigenvalue weighted by molar-refractivity contribution is 6.08. The molecule has 0 fully saturated rings. The van der Waals surface area contributed by atoms with Crippen LogP contribution in [0, 0.1) is 17.5 Å². The molecule has 0 amide bonds. The van der Waals surface area contributed by atoms with E-state index >= 15 is 0 Å². The molecule has 0 aliphatic rings. The van der Waals surface area contributed by atoms with Gasteiger partial charge in [0, 0.05) is 0 Å². The van der Waals surface area contributed by atoms with Crippen molar-refractivity contribution in [2.75, 3.05) is 0 Å². The van der Waals surface area contributed by atoms with Crippen molar-refractivity contribution in [3.05, 3.63) is 83.7 Å². The summed E-state index contributed by atoms with van der Waals surface area (Å²) < 4.78 is 40.2. The van der Waals surface area contributed by atoms with Crippen LogP contribution >= 0.6 is 0 Å². The fourth-order valence-corrected chi connectivity index (χ4v) is 3.24. The monoisotopic (exact) mass is 336 g/mol. The molecule has 4 rings (SSSR count). The Kier molecular flexibility index (Phi) is 3.72. The maximum absolute atomic E-state index is 13.5. The lowest BCUT2D eigenvalue weighted by Crippen LogP contribution is -1.92. The minimum Gasteiger partial charge on any atom is -0.204 e. The van der Waals surface area contributed by atoms with Crippen LogP contribution in [0.2, 0.25) is 0 Å². The molecule has 0 bridgehead atoms. The smallest absolute Gasteiger partial charge is 0.194 e. The first kappa shape index (κ1) is 15.7. The van der Waals surface area contributed by atoms with Crippen LogP contribution in [-0.4, -0.2) is 0 Å². The maximum Gasteiger partial charge on any atom is 0.194 e. The summed E-state index contributed by atoms with van der Waals surface area (Å²) >= 11 is 0. The molecule has 0 aliphatic heterocycles. The van der Waals surface area contributed by atoms with Gasteiger partial charge in [-0.05, 0) is 62.9 Å². The fraction of sp³-hybridized carbons (Fsp3) is 0.0909. The quantitative estimate of drug-likeness (QED) is 0.284. The summed E-state index contributed by atoms with van der Waals surface area (Å²) in [6.45, 7) is 2.12. The fourth-order valence-electron chi connectivity index (χ4n) is 3.24. The van der Waals surface area contributed by atoms with Crippen LogP contribution in [0.1, 0.15) is 12.5 Å². The Hall–Kier alpha value is -2.81. The number of halogens is 3. The lowest BCUT2D eigenvalue weighted by molar-refractivity contribution is 0.448.